The summed E-state index contributed by atoms with van der Waals surface area (Å²) >= 11 is 5.91. The van der Waals surface area contributed by atoms with Crippen molar-refractivity contribution in [3.63, 3.8) is 0 Å². The molecule has 2 N–H and O–H groups in total. The fourth-order valence-corrected chi connectivity index (χ4v) is 2.79. The number of nitrogens with zero attached hydrogens (tertiary/aromatic N) is 1. The molecule has 4 nitrogen and oxygen atoms in total. The lowest BCUT2D eigenvalue weighted by Crippen LogP contribution is -2.51. The van der Waals surface area contributed by atoms with Crippen molar-refractivity contribution in [2.75, 3.05) is 13.1 Å². The van der Waals surface area contributed by atoms with E-state index in [-0.39, 0.29) is 29.4 Å². The number of benzene rings is 1. The van der Waals surface area contributed by atoms with E-state index in [1.54, 1.807) is 11.8 Å². The third-order valence-corrected chi connectivity index (χ3v) is 4.02. The number of carbonyl (C=O) groups is 1. The Morgan fingerprint density at radius 2 is 2.27 bits per heavy atom. The number of hydrogen-bond acceptors (Lipinski definition) is 3. The lowest BCUT2D eigenvalue weighted by molar-refractivity contribution is -0.141. The lowest BCUT2D eigenvalue weighted by atomic mass is 10.0. The van der Waals surface area contributed by atoms with Gasteiger partial charge in [0.15, 0.2) is 6.10 Å². The van der Waals surface area contributed by atoms with E-state index >= 15 is 0 Å². The number of halogens is 3. The first-order valence-electron chi connectivity index (χ1n) is 7.15. The van der Waals surface area contributed by atoms with E-state index in [1.165, 1.54) is 12.1 Å². The molecule has 0 spiro atoms. The van der Waals surface area contributed by atoms with Gasteiger partial charge in [-0.3, -0.25) is 4.79 Å². The molecule has 1 heterocycles. The van der Waals surface area contributed by atoms with Gasteiger partial charge in [0.2, 0.25) is 0 Å². The van der Waals surface area contributed by atoms with Gasteiger partial charge in [-0.1, -0.05) is 11.6 Å². The largest absolute Gasteiger partial charge is 0.479 e. The number of likely N-dealkylation sites (tertiary alicyclic amines) is 1. The highest BCUT2D eigenvalue weighted by Gasteiger charge is 2.30. The van der Waals surface area contributed by atoms with Crippen molar-refractivity contribution in [2.45, 2.75) is 38.3 Å². The summed E-state index contributed by atoms with van der Waals surface area (Å²) in [6.45, 7) is 2.82. The van der Waals surface area contributed by atoms with Gasteiger partial charge >= 0.3 is 0 Å². The van der Waals surface area contributed by atoms with Gasteiger partial charge in [0.25, 0.3) is 5.91 Å². The first-order valence-corrected chi connectivity index (χ1v) is 7.53. The highest BCUT2D eigenvalue weighted by atomic mass is 35.5. The molecule has 1 fully saturated rings. The molecule has 1 saturated heterocycles. The maximum atomic E-state index is 13.0. The maximum absolute atomic E-state index is 13.0. The number of piperidine rings is 1. The molecule has 0 saturated carbocycles. The van der Waals surface area contributed by atoms with Crippen LogP contribution in [0.15, 0.2) is 18.2 Å². The SMILES string of the molecule is CC(Oc1ccc(F)cc1Cl)C(=O)N1CCCCC1CN.Cl. The molecule has 2 rings (SSSR count). The fraction of sp³-hybridized carbons (Fsp3) is 0.533. The van der Waals surface area contributed by atoms with Crippen molar-refractivity contribution < 1.29 is 13.9 Å². The average Bonchev–Trinajstić information content (AvgIpc) is 2.49. The lowest BCUT2D eigenvalue weighted by Gasteiger charge is -2.36. The highest BCUT2D eigenvalue weighted by molar-refractivity contribution is 6.32. The Morgan fingerprint density at radius 3 is 2.91 bits per heavy atom. The summed E-state index contributed by atoms with van der Waals surface area (Å²) in [4.78, 5) is 14.3. The zero-order valence-electron chi connectivity index (χ0n) is 12.4. The Bertz CT molecular complexity index is 516. The van der Waals surface area contributed by atoms with E-state index in [4.69, 9.17) is 22.1 Å². The Kier molecular flexibility index (Phi) is 7.39. The zero-order chi connectivity index (χ0) is 15.4. The minimum absolute atomic E-state index is 0. The van der Waals surface area contributed by atoms with Crippen LogP contribution in [0, 0.1) is 5.82 Å². The molecular formula is C15H21Cl2FN2O2. The molecule has 1 aromatic rings. The van der Waals surface area contributed by atoms with Gasteiger partial charge in [-0.05, 0) is 44.4 Å². The molecule has 0 aromatic heterocycles. The summed E-state index contributed by atoms with van der Waals surface area (Å²) in [5.41, 5.74) is 5.73. The third kappa shape index (κ3) is 4.48. The van der Waals surface area contributed by atoms with Crippen LogP contribution >= 0.6 is 24.0 Å². The molecule has 0 radical (unpaired) electrons. The van der Waals surface area contributed by atoms with Crippen molar-refractivity contribution in [2.24, 2.45) is 5.73 Å². The topological polar surface area (TPSA) is 55.6 Å². The molecule has 1 aliphatic heterocycles. The van der Waals surface area contributed by atoms with Crippen LogP contribution in [-0.2, 0) is 4.79 Å². The third-order valence-electron chi connectivity index (χ3n) is 3.73. The van der Waals surface area contributed by atoms with Gasteiger partial charge in [-0.2, -0.15) is 0 Å². The number of amides is 1. The molecule has 7 heteroatoms. The van der Waals surface area contributed by atoms with Gasteiger partial charge in [0, 0.05) is 19.1 Å². The van der Waals surface area contributed by atoms with Crippen LogP contribution in [0.5, 0.6) is 5.75 Å². The second-order valence-electron chi connectivity index (χ2n) is 5.25. The minimum Gasteiger partial charge on any atom is -0.479 e. The molecular weight excluding hydrogens is 330 g/mol. The number of carbonyl (C=O) groups excluding carboxylic acids is 1. The van der Waals surface area contributed by atoms with Crippen LogP contribution in [0.3, 0.4) is 0 Å². The molecule has 0 aliphatic carbocycles. The molecule has 1 aliphatic rings. The molecule has 2 unspecified atom stereocenters. The van der Waals surface area contributed by atoms with E-state index in [9.17, 15) is 9.18 Å². The van der Waals surface area contributed by atoms with Crippen molar-refractivity contribution in [3.05, 3.63) is 29.0 Å². The number of hydrogen-bond donors (Lipinski definition) is 1. The van der Waals surface area contributed by atoms with E-state index in [0.717, 1.165) is 25.3 Å². The summed E-state index contributed by atoms with van der Waals surface area (Å²) in [6.07, 6.45) is 2.31. The summed E-state index contributed by atoms with van der Waals surface area (Å²) in [7, 11) is 0. The van der Waals surface area contributed by atoms with Crippen LogP contribution in [0.2, 0.25) is 5.02 Å². The summed E-state index contributed by atoms with van der Waals surface area (Å²) in [6, 6.07) is 3.92. The Hall–Kier alpha value is -1.04. The Morgan fingerprint density at radius 1 is 1.55 bits per heavy atom. The Balaban J connectivity index is 0.00000242. The van der Waals surface area contributed by atoms with E-state index in [1.807, 2.05) is 0 Å². The number of ether oxygens (including phenoxy) is 1. The predicted octanol–water partition coefficient (Wildman–Crippen LogP) is 3.01. The fourth-order valence-electron chi connectivity index (χ4n) is 2.58. The normalized spacial score (nSPS) is 19.3. The van der Waals surface area contributed by atoms with Crippen molar-refractivity contribution in [1.29, 1.82) is 0 Å². The Labute approximate surface area is 141 Å². The van der Waals surface area contributed by atoms with E-state index in [0.29, 0.717) is 18.8 Å². The number of nitrogens with two attached hydrogens (primary N) is 1. The smallest absolute Gasteiger partial charge is 0.263 e. The quantitative estimate of drug-likeness (QED) is 0.907. The second kappa shape index (κ2) is 8.56. The van der Waals surface area contributed by atoms with Crippen LogP contribution in [0.4, 0.5) is 4.39 Å². The molecule has 0 bridgehead atoms. The van der Waals surface area contributed by atoms with Crippen LogP contribution in [0.1, 0.15) is 26.2 Å². The first kappa shape index (κ1) is 19.0. The summed E-state index contributed by atoms with van der Waals surface area (Å²) < 4.78 is 18.6. The standard InChI is InChI=1S/C15H20ClFN2O2.ClH/c1-10(21-14-6-5-11(17)8-13(14)16)15(20)19-7-3-2-4-12(19)9-18;/h5-6,8,10,12H,2-4,7,9,18H2,1H3;1H. The molecule has 1 amide bonds. The number of rotatable bonds is 4. The predicted molar refractivity (Wildman–Crippen MR) is 87.2 cm³/mol. The second-order valence-corrected chi connectivity index (χ2v) is 5.66. The first-order chi connectivity index (χ1) is 10.0. The molecule has 22 heavy (non-hydrogen) atoms. The van der Waals surface area contributed by atoms with Crippen molar-refractivity contribution in [3.8, 4) is 5.75 Å². The van der Waals surface area contributed by atoms with Crippen LogP contribution in [-0.4, -0.2) is 36.0 Å². The monoisotopic (exact) mass is 350 g/mol. The minimum atomic E-state index is -0.680. The van der Waals surface area contributed by atoms with Gasteiger partial charge in [-0.15, -0.1) is 12.4 Å². The van der Waals surface area contributed by atoms with Crippen LogP contribution < -0.4 is 10.5 Å². The van der Waals surface area contributed by atoms with Gasteiger partial charge in [-0.25, -0.2) is 4.39 Å². The maximum Gasteiger partial charge on any atom is 0.263 e. The molecule has 1 aromatic carbocycles. The highest BCUT2D eigenvalue weighted by Crippen LogP contribution is 2.26. The average molecular weight is 351 g/mol. The van der Waals surface area contributed by atoms with E-state index < -0.39 is 11.9 Å². The van der Waals surface area contributed by atoms with Gasteiger partial charge in [0.05, 0.1) is 5.02 Å². The van der Waals surface area contributed by atoms with Crippen LogP contribution in [0.25, 0.3) is 0 Å². The zero-order valence-corrected chi connectivity index (χ0v) is 14.0. The van der Waals surface area contributed by atoms with Gasteiger partial charge in [0.1, 0.15) is 11.6 Å². The molecule has 2 atom stereocenters. The van der Waals surface area contributed by atoms with Gasteiger partial charge < -0.3 is 15.4 Å². The van der Waals surface area contributed by atoms with E-state index in [2.05, 4.69) is 0 Å². The molecule has 124 valence electrons. The summed E-state index contributed by atoms with van der Waals surface area (Å²) in [5.74, 6) is -0.240. The van der Waals surface area contributed by atoms with Crippen molar-refractivity contribution in [1.82, 2.24) is 4.90 Å². The summed E-state index contributed by atoms with van der Waals surface area (Å²) in [5, 5.41) is 0.156. The van der Waals surface area contributed by atoms with Crippen molar-refractivity contribution >= 4 is 29.9 Å².